The number of aromatic nitrogens is 2. The highest BCUT2D eigenvalue weighted by Crippen LogP contribution is 2.22. The van der Waals surface area contributed by atoms with E-state index in [2.05, 4.69) is 38.4 Å². The molecule has 1 amide bonds. The van der Waals surface area contributed by atoms with Gasteiger partial charge in [0.2, 0.25) is 5.89 Å². The Morgan fingerprint density at radius 2 is 1.85 bits per heavy atom. The van der Waals surface area contributed by atoms with Crippen LogP contribution in [0.15, 0.2) is 57.4 Å². The summed E-state index contributed by atoms with van der Waals surface area (Å²) in [4.78, 5) is 12.3. The number of anilines is 1. The first-order chi connectivity index (χ1) is 12.7. The molecule has 3 aromatic rings. The lowest BCUT2D eigenvalue weighted by Crippen LogP contribution is -2.12. The number of carbonyl (C=O) groups excluding carboxylic acids is 1. The summed E-state index contributed by atoms with van der Waals surface area (Å²) in [6, 6.07) is 14.4. The summed E-state index contributed by atoms with van der Waals surface area (Å²) in [5.74, 6) is 0.758. The predicted molar refractivity (Wildman–Crippen MR) is 102 cm³/mol. The lowest BCUT2D eigenvalue weighted by atomic mass is 10.2. The van der Waals surface area contributed by atoms with Crippen molar-refractivity contribution in [3.8, 4) is 17.2 Å². The van der Waals surface area contributed by atoms with Gasteiger partial charge in [-0.05, 0) is 55.0 Å². The molecule has 6 nitrogen and oxygen atoms in total. The summed E-state index contributed by atoms with van der Waals surface area (Å²) in [6.07, 6.45) is 2.08. The normalized spacial score (nSPS) is 10.5. The average Bonchev–Trinajstić information content (AvgIpc) is 3.11. The number of amides is 1. The minimum Gasteiger partial charge on any atom is -0.494 e. The van der Waals surface area contributed by atoms with Crippen molar-refractivity contribution in [2.24, 2.45) is 0 Å². The zero-order valence-corrected chi connectivity index (χ0v) is 15.8. The largest absolute Gasteiger partial charge is 0.494 e. The third-order valence-electron chi connectivity index (χ3n) is 3.62. The van der Waals surface area contributed by atoms with Crippen LogP contribution in [0.5, 0.6) is 5.75 Å². The molecule has 134 valence electrons. The zero-order chi connectivity index (χ0) is 18.4. The first-order valence-electron chi connectivity index (χ1n) is 8.29. The van der Waals surface area contributed by atoms with Crippen molar-refractivity contribution in [2.75, 3.05) is 11.9 Å². The summed E-state index contributed by atoms with van der Waals surface area (Å²) in [5, 5.41) is 10.4. The molecule has 0 unspecified atom stereocenters. The van der Waals surface area contributed by atoms with Gasteiger partial charge in [0, 0.05) is 15.6 Å². The van der Waals surface area contributed by atoms with Crippen LogP contribution in [-0.4, -0.2) is 22.7 Å². The van der Waals surface area contributed by atoms with Crippen LogP contribution in [0.4, 0.5) is 6.01 Å². The van der Waals surface area contributed by atoms with E-state index in [1.54, 1.807) is 24.3 Å². The second-order valence-corrected chi connectivity index (χ2v) is 6.52. The van der Waals surface area contributed by atoms with E-state index in [0.29, 0.717) is 18.1 Å². The van der Waals surface area contributed by atoms with Crippen LogP contribution in [0.3, 0.4) is 0 Å². The van der Waals surface area contributed by atoms with Gasteiger partial charge in [0.25, 0.3) is 5.91 Å². The SMILES string of the molecule is CCCCOc1ccc(C(=O)Nc2nnc(-c3ccc(Br)cc3)o2)cc1. The van der Waals surface area contributed by atoms with Crippen molar-refractivity contribution in [1.29, 1.82) is 0 Å². The zero-order valence-electron chi connectivity index (χ0n) is 14.2. The molecule has 1 heterocycles. The maximum absolute atomic E-state index is 12.3. The minimum absolute atomic E-state index is 0.0520. The Hall–Kier alpha value is -2.67. The van der Waals surface area contributed by atoms with Crippen LogP contribution in [0.2, 0.25) is 0 Å². The van der Waals surface area contributed by atoms with E-state index in [9.17, 15) is 4.79 Å². The van der Waals surface area contributed by atoms with E-state index in [-0.39, 0.29) is 11.9 Å². The highest BCUT2D eigenvalue weighted by atomic mass is 79.9. The molecule has 0 saturated heterocycles. The van der Waals surface area contributed by atoms with Gasteiger partial charge in [-0.25, -0.2) is 0 Å². The lowest BCUT2D eigenvalue weighted by Gasteiger charge is -2.06. The molecule has 0 spiro atoms. The number of carbonyl (C=O) groups is 1. The van der Waals surface area contributed by atoms with Gasteiger partial charge in [0.1, 0.15) is 5.75 Å². The van der Waals surface area contributed by atoms with E-state index >= 15 is 0 Å². The van der Waals surface area contributed by atoms with Crippen molar-refractivity contribution >= 4 is 27.9 Å². The number of hydrogen-bond acceptors (Lipinski definition) is 5. The summed E-state index contributed by atoms with van der Waals surface area (Å²) in [6.45, 7) is 2.78. The molecule has 2 aromatic carbocycles. The highest BCUT2D eigenvalue weighted by molar-refractivity contribution is 9.10. The van der Waals surface area contributed by atoms with Crippen LogP contribution >= 0.6 is 15.9 Å². The van der Waals surface area contributed by atoms with Gasteiger partial charge in [0.15, 0.2) is 0 Å². The van der Waals surface area contributed by atoms with Gasteiger partial charge in [-0.15, -0.1) is 5.10 Å². The van der Waals surface area contributed by atoms with E-state index < -0.39 is 0 Å². The summed E-state index contributed by atoms with van der Waals surface area (Å²) >= 11 is 3.37. The number of benzene rings is 2. The lowest BCUT2D eigenvalue weighted by molar-refractivity contribution is 0.102. The van der Waals surface area contributed by atoms with Gasteiger partial charge in [0.05, 0.1) is 6.61 Å². The number of rotatable bonds is 7. The second-order valence-electron chi connectivity index (χ2n) is 5.60. The topological polar surface area (TPSA) is 77.2 Å². The van der Waals surface area contributed by atoms with Crippen molar-refractivity contribution in [3.63, 3.8) is 0 Å². The number of nitrogens with one attached hydrogen (secondary N) is 1. The van der Waals surface area contributed by atoms with Crippen LogP contribution in [-0.2, 0) is 0 Å². The molecule has 26 heavy (non-hydrogen) atoms. The van der Waals surface area contributed by atoms with Crippen LogP contribution in [0.1, 0.15) is 30.1 Å². The molecule has 0 bridgehead atoms. The van der Waals surface area contributed by atoms with Crippen molar-refractivity contribution in [2.45, 2.75) is 19.8 Å². The molecule has 0 atom stereocenters. The molecule has 1 aromatic heterocycles. The average molecular weight is 416 g/mol. The Balaban J connectivity index is 1.62. The molecule has 0 aliphatic rings. The molecule has 0 radical (unpaired) electrons. The fourth-order valence-electron chi connectivity index (χ4n) is 2.19. The smallest absolute Gasteiger partial charge is 0.322 e. The van der Waals surface area contributed by atoms with Gasteiger partial charge in [-0.2, -0.15) is 0 Å². The Labute approximate surface area is 159 Å². The minimum atomic E-state index is -0.323. The molecule has 0 aliphatic heterocycles. The summed E-state index contributed by atoms with van der Waals surface area (Å²) in [7, 11) is 0. The molecular weight excluding hydrogens is 398 g/mol. The number of hydrogen-bond donors (Lipinski definition) is 1. The highest BCUT2D eigenvalue weighted by Gasteiger charge is 2.13. The third-order valence-corrected chi connectivity index (χ3v) is 4.15. The molecule has 0 fully saturated rings. The quantitative estimate of drug-likeness (QED) is 0.553. The first kappa shape index (κ1) is 18.1. The van der Waals surface area contributed by atoms with Crippen LogP contribution in [0, 0.1) is 0 Å². The summed E-state index contributed by atoms with van der Waals surface area (Å²) < 4.78 is 12.0. The van der Waals surface area contributed by atoms with E-state index in [1.165, 1.54) is 0 Å². The van der Waals surface area contributed by atoms with Gasteiger partial charge in [-0.3, -0.25) is 10.1 Å². The summed E-state index contributed by atoms with van der Waals surface area (Å²) in [5.41, 5.74) is 1.26. The number of halogens is 1. The van der Waals surface area contributed by atoms with E-state index in [1.807, 2.05) is 24.3 Å². The molecule has 0 aliphatic carbocycles. The number of unbranched alkanes of at least 4 members (excludes halogenated alkanes) is 1. The Morgan fingerprint density at radius 1 is 1.12 bits per heavy atom. The fraction of sp³-hybridized carbons (Fsp3) is 0.211. The van der Waals surface area contributed by atoms with Gasteiger partial charge < -0.3 is 9.15 Å². The molecule has 7 heteroatoms. The third kappa shape index (κ3) is 4.70. The number of nitrogens with zero attached hydrogens (tertiary/aromatic N) is 2. The predicted octanol–water partition coefficient (Wildman–Crippen LogP) is 4.93. The van der Waals surface area contributed by atoms with Crippen molar-refractivity contribution in [3.05, 3.63) is 58.6 Å². The number of ether oxygens (including phenoxy) is 1. The maximum atomic E-state index is 12.3. The standard InChI is InChI=1S/C19H18BrN3O3/c1-2-3-12-25-16-10-6-13(7-11-16)17(24)21-19-23-22-18(26-19)14-4-8-15(20)9-5-14/h4-11H,2-3,12H2,1H3,(H,21,23,24). The van der Waals surface area contributed by atoms with Gasteiger partial charge >= 0.3 is 6.01 Å². The molecule has 3 rings (SSSR count). The second kappa shape index (κ2) is 8.62. The Kier molecular flexibility index (Phi) is 6.01. The molecule has 1 N–H and O–H groups in total. The first-order valence-corrected chi connectivity index (χ1v) is 9.08. The Morgan fingerprint density at radius 3 is 2.54 bits per heavy atom. The van der Waals surface area contributed by atoms with E-state index in [4.69, 9.17) is 9.15 Å². The van der Waals surface area contributed by atoms with E-state index in [0.717, 1.165) is 28.6 Å². The van der Waals surface area contributed by atoms with Crippen molar-refractivity contribution in [1.82, 2.24) is 10.2 Å². The molecular formula is C19H18BrN3O3. The van der Waals surface area contributed by atoms with Crippen LogP contribution < -0.4 is 10.1 Å². The fourth-order valence-corrected chi connectivity index (χ4v) is 2.45. The Bertz CT molecular complexity index is 860. The molecule has 0 saturated carbocycles. The monoisotopic (exact) mass is 415 g/mol. The van der Waals surface area contributed by atoms with Crippen LogP contribution in [0.25, 0.3) is 11.5 Å². The van der Waals surface area contributed by atoms with Gasteiger partial charge in [-0.1, -0.05) is 34.4 Å². The maximum Gasteiger partial charge on any atom is 0.322 e. The van der Waals surface area contributed by atoms with Crippen molar-refractivity contribution < 1.29 is 13.9 Å².